The van der Waals surface area contributed by atoms with E-state index in [9.17, 15) is 8.96 Å². The van der Waals surface area contributed by atoms with Gasteiger partial charge < -0.3 is 9.79 Å². The molecule has 2 N–H and O–H groups in total. The number of hydrogen-bond acceptors (Lipinski definition) is 1. The van der Waals surface area contributed by atoms with Crippen LogP contribution in [-0.4, -0.2) is 9.79 Å². The third-order valence-corrected chi connectivity index (χ3v) is 2.47. The van der Waals surface area contributed by atoms with Crippen molar-refractivity contribution < 1.29 is 18.7 Å². The summed E-state index contributed by atoms with van der Waals surface area (Å²) in [4.78, 5) is 17.4. The van der Waals surface area contributed by atoms with Crippen LogP contribution in [0.2, 0.25) is 0 Å². The molecule has 1 aromatic rings. The summed E-state index contributed by atoms with van der Waals surface area (Å²) in [6.45, 7) is 3.21. The third-order valence-electron chi connectivity index (χ3n) is 1.51. The molecule has 0 aromatic heterocycles. The molecule has 0 saturated heterocycles. The van der Waals surface area contributed by atoms with Crippen LogP contribution in [0.25, 0.3) is 5.31 Å². The van der Waals surface area contributed by atoms with Gasteiger partial charge in [-0.15, -0.1) is 0 Å². The predicted molar refractivity (Wildman–Crippen MR) is 47.5 cm³/mol. The molecule has 13 heavy (non-hydrogen) atoms. The molecule has 70 valence electrons. The Kier molecular flexibility index (Phi) is 2.66. The van der Waals surface area contributed by atoms with E-state index < -0.39 is 13.4 Å². The smallest absolute Gasteiger partial charge is 0.321 e. The molecule has 0 radical (unpaired) electrons. The summed E-state index contributed by atoms with van der Waals surface area (Å²) in [5, 5.41) is -0.369. The Morgan fingerprint density at radius 3 is 2.54 bits per heavy atom. The minimum absolute atomic E-state index is 0.119. The Morgan fingerprint density at radius 1 is 1.46 bits per heavy atom. The second-order valence-corrected chi connectivity index (χ2v) is 4.13. The van der Waals surface area contributed by atoms with E-state index in [2.05, 4.69) is 6.58 Å². The van der Waals surface area contributed by atoms with Crippen LogP contribution >= 0.6 is 7.60 Å². The zero-order valence-electron chi connectivity index (χ0n) is 6.64. The fraction of sp³-hybridized carbons (Fsp3) is 0. The molecule has 0 atom stereocenters. The van der Waals surface area contributed by atoms with Crippen molar-refractivity contribution in [3.63, 3.8) is 0 Å². The van der Waals surface area contributed by atoms with E-state index in [4.69, 9.17) is 9.79 Å². The number of benzene rings is 1. The first kappa shape index (κ1) is 10.1. The molecule has 3 nitrogen and oxygen atoms in total. The Hall–Kier alpha value is -0.960. The number of rotatable bonds is 2. The highest BCUT2D eigenvalue weighted by Crippen LogP contribution is 2.49. The second kappa shape index (κ2) is 3.42. The SMILES string of the molecule is C=C(c1cccc(F)c1)P(=O)(O)O. The van der Waals surface area contributed by atoms with Crippen molar-refractivity contribution >= 4 is 12.9 Å². The summed E-state index contributed by atoms with van der Waals surface area (Å²) in [7, 11) is -4.36. The molecule has 0 saturated carbocycles. The lowest BCUT2D eigenvalue weighted by Crippen LogP contribution is -1.85. The first-order chi connectivity index (χ1) is 5.91. The molecule has 1 aromatic carbocycles. The number of hydrogen-bond donors (Lipinski definition) is 2. The first-order valence-electron chi connectivity index (χ1n) is 3.42. The van der Waals surface area contributed by atoms with Crippen molar-refractivity contribution in [1.29, 1.82) is 0 Å². The zero-order valence-corrected chi connectivity index (χ0v) is 7.54. The highest BCUT2D eigenvalue weighted by atomic mass is 31.2. The van der Waals surface area contributed by atoms with Crippen LogP contribution in [0.5, 0.6) is 0 Å². The maximum absolute atomic E-state index is 12.6. The Morgan fingerprint density at radius 2 is 2.08 bits per heavy atom. The van der Waals surface area contributed by atoms with E-state index in [0.717, 1.165) is 6.07 Å². The lowest BCUT2D eigenvalue weighted by molar-refractivity contribution is 0.388. The summed E-state index contributed by atoms with van der Waals surface area (Å²) in [5.41, 5.74) is 0.119. The van der Waals surface area contributed by atoms with Gasteiger partial charge in [-0.3, -0.25) is 4.57 Å². The van der Waals surface area contributed by atoms with Crippen LogP contribution in [0.15, 0.2) is 30.8 Å². The van der Waals surface area contributed by atoms with Gasteiger partial charge in [-0.25, -0.2) is 4.39 Å². The van der Waals surface area contributed by atoms with Gasteiger partial charge in [0.25, 0.3) is 0 Å². The van der Waals surface area contributed by atoms with Crippen molar-refractivity contribution in [2.75, 3.05) is 0 Å². The molecular weight excluding hydrogens is 194 g/mol. The van der Waals surface area contributed by atoms with Crippen LogP contribution in [0.1, 0.15) is 5.56 Å². The van der Waals surface area contributed by atoms with Gasteiger partial charge in [-0.05, 0) is 17.7 Å². The molecule has 0 amide bonds. The van der Waals surface area contributed by atoms with E-state index in [1.807, 2.05) is 0 Å². The van der Waals surface area contributed by atoms with Crippen molar-refractivity contribution in [1.82, 2.24) is 0 Å². The van der Waals surface area contributed by atoms with Gasteiger partial charge in [0.15, 0.2) is 0 Å². The molecule has 0 aliphatic rings. The standard InChI is InChI=1S/C8H8FO3P/c1-6(13(10,11)12)7-3-2-4-8(9)5-7/h2-5H,1H2,(H2,10,11,12). The molecule has 0 unspecified atom stereocenters. The topological polar surface area (TPSA) is 57.5 Å². The van der Waals surface area contributed by atoms with Crippen LogP contribution in [0, 0.1) is 5.82 Å². The molecule has 0 fully saturated rings. The van der Waals surface area contributed by atoms with E-state index in [1.54, 1.807) is 0 Å². The Labute approximate surface area is 74.7 Å². The molecule has 0 spiro atoms. The van der Waals surface area contributed by atoms with Crippen molar-refractivity contribution in [2.45, 2.75) is 0 Å². The lowest BCUT2D eigenvalue weighted by atomic mass is 10.2. The maximum Gasteiger partial charge on any atom is 0.356 e. The van der Waals surface area contributed by atoms with E-state index >= 15 is 0 Å². The zero-order chi connectivity index (χ0) is 10.1. The monoisotopic (exact) mass is 202 g/mol. The van der Waals surface area contributed by atoms with Gasteiger partial charge in [0.05, 0.1) is 5.31 Å². The lowest BCUT2D eigenvalue weighted by Gasteiger charge is -2.06. The summed E-state index contributed by atoms with van der Waals surface area (Å²) >= 11 is 0. The third kappa shape index (κ3) is 2.49. The Balaban J connectivity index is 3.10. The number of halogens is 1. The Bertz CT molecular complexity index is 383. The molecule has 0 bridgehead atoms. The van der Waals surface area contributed by atoms with E-state index in [0.29, 0.717) is 0 Å². The van der Waals surface area contributed by atoms with Gasteiger partial charge in [-0.2, -0.15) is 0 Å². The highest BCUT2D eigenvalue weighted by Gasteiger charge is 2.20. The average molecular weight is 202 g/mol. The highest BCUT2D eigenvalue weighted by molar-refractivity contribution is 7.63. The fourth-order valence-corrected chi connectivity index (χ4v) is 1.31. The summed E-state index contributed by atoms with van der Waals surface area (Å²) in [5.74, 6) is -0.549. The molecule has 0 heterocycles. The maximum atomic E-state index is 12.6. The molecular formula is C8H8FO3P. The quantitative estimate of drug-likeness (QED) is 0.721. The van der Waals surface area contributed by atoms with Crippen molar-refractivity contribution in [3.8, 4) is 0 Å². The van der Waals surface area contributed by atoms with E-state index in [1.165, 1.54) is 18.2 Å². The predicted octanol–water partition coefficient (Wildman–Crippen LogP) is 1.97. The average Bonchev–Trinajstić information content (AvgIpc) is 2.01. The van der Waals surface area contributed by atoms with Gasteiger partial charge in [0, 0.05) is 0 Å². The van der Waals surface area contributed by atoms with Crippen LogP contribution in [0.3, 0.4) is 0 Å². The minimum atomic E-state index is -4.36. The van der Waals surface area contributed by atoms with Crippen LogP contribution in [0.4, 0.5) is 4.39 Å². The van der Waals surface area contributed by atoms with Gasteiger partial charge >= 0.3 is 7.60 Å². The molecule has 1 rings (SSSR count). The van der Waals surface area contributed by atoms with Crippen LogP contribution in [-0.2, 0) is 4.57 Å². The van der Waals surface area contributed by atoms with Gasteiger partial charge in [0.2, 0.25) is 0 Å². The van der Waals surface area contributed by atoms with Gasteiger partial charge in [-0.1, -0.05) is 18.7 Å². The summed E-state index contributed by atoms with van der Waals surface area (Å²) in [6.07, 6.45) is 0. The molecule has 0 aliphatic carbocycles. The summed E-state index contributed by atoms with van der Waals surface area (Å²) < 4.78 is 23.3. The van der Waals surface area contributed by atoms with Gasteiger partial charge in [0.1, 0.15) is 5.82 Å². The normalized spacial score (nSPS) is 11.3. The molecule has 5 heteroatoms. The minimum Gasteiger partial charge on any atom is -0.321 e. The molecule has 0 aliphatic heterocycles. The van der Waals surface area contributed by atoms with Crippen LogP contribution < -0.4 is 0 Å². The van der Waals surface area contributed by atoms with E-state index in [-0.39, 0.29) is 10.9 Å². The van der Waals surface area contributed by atoms with Crippen molar-refractivity contribution in [3.05, 3.63) is 42.2 Å². The summed E-state index contributed by atoms with van der Waals surface area (Å²) in [6, 6.07) is 4.98. The first-order valence-corrected chi connectivity index (χ1v) is 5.03. The fourth-order valence-electron chi connectivity index (χ4n) is 0.836. The second-order valence-electron chi connectivity index (χ2n) is 2.50. The largest absolute Gasteiger partial charge is 0.356 e. The van der Waals surface area contributed by atoms with Crippen molar-refractivity contribution in [2.24, 2.45) is 0 Å².